The molecule has 3 aromatic rings. The van der Waals surface area contributed by atoms with E-state index in [4.69, 9.17) is 0 Å². The molecule has 2 heterocycles. The summed E-state index contributed by atoms with van der Waals surface area (Å²) in [6, 6.07) is 10.0. The molecule has 37 heavy (non-hydrogen) atoms. The van der Waals surface area contributed by atoms with Crippen molar-refractivity contribution in [2.75, 3.05) is 0 Å². The van der Waals surface area contributed by atoms with Crippen LogP contribution in [-0.2, 0) is 29.1 Å². The molecule has 1 aliphatic carbocycles. The number of imidazole rings is 1. The van der Waals surface area contributed by atoms with Gasteiger partial charge in [-0.3, -0.25) is 4.79 Å². The third kappa shape index (κ3) is 5.43. The number of halogens is 2. The fourth-order valence-corrected chi connectivity index (χ4v) is 5.78. The number of carboxylic acid groups (broad SMARTS) is 1. The Kier molecular flexibility index (Phi) is 7.35. The van der Waals surface area contributed by atoms with Gasteiger partial charge in [-0.25, -0.2) is 18.6 Å². The lowest BCUT2D eigenvalue weighted by molar-refractivity contribution is -0.151. The molecule has 1 amide bonds. The van der Waals surface area contributed by atoms with Crippen molar-refractivity contribution in [2.45, 2.75) is 70.0 Å². The van der Waals surface area contributed by atoms with Crippen LogP contribution in [0.15, 0.2) is 54.9 Å². The number of nitrogens with zero attached hydrogens (tertiary/aromatic N) is 3. The highest BCUT2D eigenvalue weighted by Gasteiger charge is 2.40. The molecule has 5 rings (SSSR count). The van der Waals surface area contributed by atoms with Gasteiger partial charge >= 0.3 is 5.97 Å². The van der Waals surface area contributed by atoms with Crippen molar-refractivity contribution in [1.29, 1.82) is 0 Å². The second-order valence-corrected chi connectivity index (χ2v) is 10.2. The first-order chi connectivity index (χ1) is 17.9. The molecule has 8 heteroatoms. The van der Waals surface area contributed by atoms with E-state index in [2.05, 4.69) is 9.55 Å². The van der Waals surface area contributed by atoms with Crippen LogP contribution in [0.2, 0.25) is 0 Å². The van der Waals surface area contributed by atoms with Crippen molar-refractivity contribution in [3.05, 3.63) is 89.0 Å². The van der Waals surface area contributed by atoms with Crippen molar-refractivity contribution in [2.24, 2.45) is 5.92 Å². The molecule has 0 spiro atoms. The number of rotatable bonds is 7. The number of carbonyl (C=O) groups is 2. The van der Waals surface area contributed by atoms with Gasteiger partial charge in [0.15, 0.2) is 0 Å². The molecular formula is C29H31F2N3O3. The summed E-state index contributed by atoms with van der Waals surface area (Å²) in [6.07, 6.45) is 9.30. The summed E-state index contributed by atoms with van der Waals surface area (Å²) >= 11 is 0. The molecule has 1 fully saturated rings. The summed E-state index contributed by atoms with van der Waals surface area (Å²) in [5.74, 6) is -2.63. The van der Waals surface area contributed by atoms with E-state index < -0.39 is 35.5 Å². The van der Waals surface area contributed by atoms with Crippen molar-refractivity contribution in [3.8, 4) is 0 Å². The third-order valence-corrected chi connectivity index (χ3v) is 7.84. The second-order valence-electron chi connectivity index (χ2n) is 10.2. The molecule has 1 N–H and O–H groups in total. The van der Waals surface area contributed by atoms with Gasteiger partial charge in [-0.05, 0) is 47.7 Å². The summed E-state index contributed by atoms with van der Waals surface area (Å²) < 4.78 is 29.3. The van der Waals surface area contributed by atoms with Crippen LogP contribution in [0.5, 0.6) is 0 Å². The van der Waals surface area contributed by atoms with Crippen LogP contribution in [-0.4, -0.2) is 37.5 Å². The summed E-state index contributed by atoms with van der Waals surface area (Å²) in [5.41, 5.74) is 2.58. The fraction of sp³-hybridized carbons (Fsp3) is 0.414. The second kappa shape index (κ2) is 10.8. The highest BCUT2D eigenvalue weighted by molar-refractivity contribution is 5.91. The summed E-state index contributed by atoms with van der Waals surface area (Å²) in [4.78, 5) is 32.3. The summed E-state index contributed by atoms with van der Waals surface area (Å²) in [5, 5.41) is 10.1. The van der Waals surface area contributed by atoms with E-state index in [0.29, 0.717) is 22.7 Å². The SMILES string of the molecule is O=C(O)C1Cc2c(ncn2CCC2CCCCC2)CN1C(=O)C(c1ccc(F)cc1)c1ccc(F)cc1. The first kappa shape index (κ1) is 25.1. The molecular weight excluding hydrogens is 476 g/mol. The summed E-state index contributed by atoms with van der Waals surface area (Å²) in [6.45, 7) is 0.863. The Morgan fingerprint density at radius 2 is 1.54 bits per heavy atom. The highest BCUT2D eigenvalue weighted by Crippen LogP contribution is 2.33. The maximum Gasteiger partial charge on any atom is 0.326 e. The molecule has 1 unspecified atom stereocenters. The van der Waals surface area contributed by atoms with E-state index in [9.17, 15) is 23.5 Å². The predicted octanol–water partition coefficient (Wildman–Crippen LogP) is 5.30. The van der Waals surface area contributed by atoms with Gasteiger partial charge in [0.05, 0.1) is 24.5 Å². The number of aryl methyl sites for hydroxylation is 1. The highest BCUT2D eigenvalue weighted by atomic mass is 19.1. The van der Waals surface area contributed by atoms with Crippen LogP contribution in [0, 0.1) is 17.6 Å². The van der Waals surface area contributed by atoms with Gasteiger partial charge in [0.1, 0.15) is 17.7 Å². The molecule has 194 valence electrons. The molecule has 6 nitrogen and oxygen atoms in total. The number of aromatic nitrogens is 2. The Morgan fingerprint density at radius 1 is 0.946 bits per heavy atom. The maximum atomic E-state index is 14.0. The van der Waals surface area contributed by atoms with Gasteiger partial charge in [-0.1, -0.05) is 56.4 Å². The van der Waals surface area contributed by atoms with Gasteiger partial charge < -0.3 is 14.6 Å². The molecule has 1 aromatic heterocycles. The molecule has 0 radical (unpaired) electrons. The van der Waals surface area contributed by atoms with E-state index in [1.54, 1.807) is 6.33 Å². The Bertz CT molecular complexity index is 1200. The van der Waals surface area contributed by atoms with Gasteiger partial charge in [0.25, 0.3) is 0 Å². The van der Waals surface area contributed by atoms with Crippen molar-refractivity contribution >= 4 is 11.9 Å². The number of hydrogen-bond acceptors (Lipinski definition) is 3. The van der Waals surface area contributed by atoms with E-state index in [0.717, 1.165) is 18.7 Å². The zero-order valence-corrected chi connectivity index (χ0v) is 20.7. The Hall–Kier alpha value is -3.55. The Morgan fingerprint density at radius 3 is 2.11 bits per heavy atom. The van der Waals surface area contributed by atoms with E-state index >= 15 is 0 Å². The van der Waals surface area contributed by atoms with Crippen molar-refractivity contribution in [3.63, 3.8) is 0 Å². The summed E-state index contributed by atoms with van der Waals surface area (Å²) in [7, 11) is 0. The van der Waals surface area contributed by atoms with Crippen molar-refractivity contribution < 1.29 is 23.5 Å². The molecule has 2 aromatic carbocycles. The van der Waals surface area contributed by atoms with Gasteiger partial charge in [-0.2, -0.15) is 0 Å². The minimum atomic E-state index is -1.09. The molecule has 0 saturated heterocycles. The predicted molar refractivity (Wildman–Crippen MR) is 134 cm³/mol. The first-order valence-corrected chi connectivity index (χ1v) is 13.0. The third-order valence-electron chi connectivity index (χ3n) is 7.84. The Balaban J connectivity index is 1.43. The normalized spacial score (nSPS) is 18.1. The van der Waals surface area contributed by atoms with Crippen LogP contribution in [0.25, 0.3) is 0 Å². The lowest BCUT2D eigenvalue weighted by Crippen LogP contribution is -2.50. The molecule has 1 saturated carbocycles. The average Bonchev–Trinajstić information content (AvgIpc) is 3.31. The van der Waals surface area contributed by atoms with Gasteiger partial charge in [0.2, 0.25) is 5.91 Å². The number of amides is 1. The largest absolute Gasteiger partial charge is 0.480 e. The Labute approximate surface area is 214 Å². The molecule has 1 aliphatic heterocycles. The van der Waals surface area contributed by atoms with Crippen LogP contribution >= 0.6 is 0 Å². The molecule has 1 atom stereocenters. The number of fused-ring (bicyclic) bond motifs is 1. The minimum absolute atomic E-state index is 0.0699. The number of hydrogen-bond donors (Lipinski definition) is 1. The fourth-order valence-electron chi connectivity index (χ4n) is 5.78. The number of carboxylic acids is 1. The number of benzene rings is 2. The van der Waals surface area contributed by atoms with Gasteiger partial charge in [0, 0.05) is 18.7 Å². The zero-order valence-electron chi connectivity index (χ0n) is 20.7. The first-order valence-electron chi connectivity index (χ1n) is 13.0. The maximum absolute atomic E-state index is 14.0. The smallest absolute Gasteiger partial charge is 0.326 e. The molecule has 2 aliphatic rings. The van der Waals surface area contributed by atoms with Gasteiger partial charge in [-0.15, -0.1) is 0 Å². The van der Waals surface area contributed by atoms with Crippen LogP contribution in [0.1, 0.15) is 67.0 Å². The average molecular weight is 508 g/mol. The van der Waals surface area contributed by atoms with Crippen LogP contribution in [0.4, 0.5) is 8.78 Å². The van der Waals surface area contributed by atoms with Crippen LogP contribution < -0.4 is 0 Å². The van der Waals surface area contributed by atoms with Crippen molar-refractivity contribution in [1.82, 2.24) is 14.5 Å². The number of carbonyl (C=O) groups excluding carboxylic acids is 1. The monoisotopic (exact) mass is 507 g/mol. The standard InChI is InChI=1S/C29H31F2N3O3/c30-22-10-6-20(7-11-22)27(21-8-12-23(31)13-9-21)28(35)34-17-24-25(16-26(34)29(36)37)33(18-32-24)15-14-19-4-2-1-3-5-19/h6-13,18-19,26-27H,1-5,14-17H2,(H,36,37). The van der Waals surface area contributed by atoms with Crippen LogP contribution in [0.3, 0.4) is 0 Å². The topological polar surface area (TPSA) is 75.4 Å². The quantitative estimate of drug-likeness (QED) is 0.471. The van der Waals surface area contributed by atoms with E-state index in [-0.39, 0.29) is 13.0 Å². The zero-order chi connectivity index (χ0) is 25.9. The number of aliphatic carboxylic acids is 1. The lowest BCUT2D eigenvalue weighted by Gasteiger charge is -2.36. The van der Waals surface area contributed by atoms with E-state index in [1.807, 2.05) is 0 Å². The van der Waals surface area contributed by atoms with E-state index in [1.165, 1.54) is 85.5 Å². The molecule has 0 bridgehead atoms. The lowest BCUT2D eigenvalue weighted by atomic mass is 9.87. The minimum Gasteiger partial charge on any atom is -0.480 e.